The lowest BCUT2D eigenvalue weighted by atomic mass is 10.0. The molecule has 0 bridgehead atoms. The number of rotatable bonds is 9. The van der Waals surface area contributed by atoms with E-state index in [1.54, 1.807) is 19.2 Å². The molecule has 1 fully saturated rings. The molecule has 5 heteroatoms. The van der Waals surface area contributed by atoms with E-state index in [1.165, 1.54) is 12.8 Å². The van der Waals surface area contributed by atoms with Gasteiger partial charge >= 0.3 is 6.61 Å². The Kier molecular flexibility index (Phi) is 5.53. The SMILES string of the molecule is COCCC1(CNC(C)c2ccc(OC(F)F)cc2)CC1. The summed E-state index contributed by atoms with van der Waals surface area (Å²) in [6, 6.07) is 6.99. The predicted molar refractivity (Wildman–Crippen MR) is 77.7 cm³/mol. The van der Waals surface area contributed by atoms with Crippen LogP contribution in [0.2, 0.25) is 0 Å². The van der Waals surface area contributed by atoms with E-state index in [2.05, 4.69) is 17.0 Å². The van der Waals surface area contributed by atoms with E-state index in [4.69, 9.17) is 4.74 Å². The van der Waals surface area contributed by atoms with Crippen molar-refractivity contribution in [1.82, 2.24) is 5.32 Å². The topological polar surface area (TPSA) is 30.5 Å². The average Bonchev–Trinajstić information content (AvgIpc) is 3.23. The van der Waals surface area contributed by atoms with Gasteiger partial charge in [-0.25, -0.2) is 0 Å². The van der Waals surface area contributed by atoms with Crippen LogP contribution in [0.3, 0.4) is 0 Å². The van der Waals surface area contributed by atoms with Gasteiger partial charge in [0.05, 0.1) is 0 Å². The fourth-order valence-corrected chi connectivity index (χ4v) is 2.44. The Morgan fingerprint density at radius 1 is 1.24 bits per heavy atom. The van der Waals surface area contributed by atoms with Gasteiger partial charge in [-0.3, -0.25) is 0 Å². The number of hydrogen-bond acceptors (Lipinski definition) is 3. The third-order valence-corrected chi connectivity index (χ3v) is 4.18. The highest BCUT2D eigenvalue weighted by Crippen LogP contribution is 2.48. The molecule has 1 N–H and O–H groups in total. The standard InChI is InChI=1S/C16H23F2NO2/c1-12(19-11-16(7-8-16)9-10-20-2)13-3-5-14(6-4-13)21-15(17)18/h3-6,12,15,19H,7-11H2,1-2H3. The van der Waals surface area contributed by atoms with E-state index in [0.717, 1.165) is 25.1 Å². The maximum absolute atomic E-state index is 12.1. The Morgan fingerprint density at radius 2 is 1.90 bits per heavy atom. The van der Waals surface area contributed by atoms with Crippen LogP contribution < -0.4 is 10.1 Å². The summed E-state index contributed by atoms with van der Waals surface area (Å²) in [5, 5.41) is 3.53. The summed E-state index contributed by atoms with van der Waals surface area (Å²) >= 11 is 0. The number of nitrogens with one attached hydrogen (secondary N) is 1. The van der Waals surface area contributed by atoms with Crippen molar-refractivity contribution in [1.29, 1.82) is 0 Å². The molecule has 1 unspecified atom stereocenters. The maximum Gasteiger partial charge on any atom is 0.387 e. The molecule has 0 aromatic heterocycles. The second-order valence-corrected chi connectivity index (χ2v) is 5.79. The van der Waals surface area contributed by atoms with E-state index in [9.17, 15) is 8.78 Å². The number of halogens is 2. The monoisotopic (exact) mass is 299 g/mol. The molecule has 0 radical (unpaired) electrons. The van der Waals surface area contributed by atoms with Gasteiger partial charge in [-0.05, 0) is 49.3 Å². The molecule has 0 saturated heterocycles. The van der Waals surface area contributed by atoms with Crippen LogP contribution in [-0.4, -0.2) is 26.9 Å². The molecule has 118 valence electrons. The summed E-state index contributed by atoms with van der Waals surface area (Å²) in [6.07, 6.45) is 3.58. The molecule has 1 aromatic rings. The van der Waals surface area contributed by atoms with Gasteiger partial charge < -0.3 is 14.8 Å². The first kappa shape index (κ1) is 16.2. The minimum Gasteiger partial charge on any atom is -0.435 e. The summed E-state index contributed by atoms with van der Waals surface area (Å²) in [4.78, 5) is 0. The Hall–Kier alpha value is -1.20. The molecule has 1 aromatic carbocycles. The third kappa shape index (κ3) is 4.93. The lowest BCUT2D eigenvalue weighted by Gasteiger charge is -2.20. The smallest absolute Gasteiger partial charge is 0.387 e. The second-order valence-electron chi connectivity index (χ2n) is 5.79. The molecular formula is C16H23F2NO2. The number of methoxy groups -OCH3 is 1. The minimum atomic E-state index is -2.78. The van der Waals surface area contributed by atoms with Gasteiger partial charge in [0, 0.05) is 26.3 Å². The Labute approximate surface area is 124 Å². The summed E-state index contributed by atoms with van der Waals surface area (Å²) in [5.41, 5.74) is 1.46. The molecule has 1 atom stereocenters. The second kappa shape index (κ2) is 7.18. The zero-order valence-corrected chi connectivity index (χ0v) is 12.6. The van der Waals surface area contributed by atoms with Gasteiger partial charge in [0.25, 0.3) is 0 Å². The van der Waals surface area contributed by atoms with Crippen molar-refractivity contribution in [2.45, 2.75) is 38.8 Å². The number of benzene rings is 1. The fourth-order valence-electron chi connectivity index (χ4n) is 2.44. The van der Waals surface area contributed by atoms with Gasteiger partial charge in [-0.1, -0.05) is 12.1 Å². The van der Waals surface area contributed by atoms with Crippen LogP contribution in [0.4, 0.5) is 8.78 Å². The molecule has 2 rings (SSSR count). The largest absolute Gasteiger partial charge is 0.435 e. The van der Waals surface area contributed by atoms with Gasteiger partial charge in [0.1, 0.15) is 5.75 Å². The molecule has 0 heterocycles. The highest BCUT2D eigenvalue weighted by molar-refractivity contribution is 5.29. The Bertz CT molecular complexity index is 432. The van der Waals surface area contributed by atoms with Crippen molar-refractivity contribution in [3.8, 4) is 5.75 Å². The summed E-state index contributed by atoms with van der Waals surface area (Å²) in [6.45, 7) is 1.07. The summed E-state index contributed by atoms with van der Waals surface area (Å²) in [7, 11) is 1.73. The molecule has 0 amide bonds. The first-order valence-electron chi connectivity index (χ1n) is 7.32. The van der Waals surface area contributed by atoms with Crippen molar-refractivity contribution in [3.63, 3.8) is 0 Å². The zero-order valence-electron chi connectivity index (χ0n) is 12.6. The lowest BCUT2D eigenvalue weighted by molar-refractivity contribution is -0.0498. The zero-order chi connectivity index (χ0) is 15.3. The van der Waals surface area contributed by atoms with Crippen LogP contribution in [0.15, 0.2) is 24.3 Å². The van der Waals surface area contributed by atoms with E-state index < -0.39 is 6.61 Å². The van der Waals surface area contributed by atoms with E-state index in [-0.39, 0.29) is 11.8 Å². The first-order chi connectivity index (χ1) is 10.0. The van der Waals surface area contributed by atoms with E-state index in [0.29, 0.717) is 5.41 Å². The van der Waals surface area contributed by atoms with Crippen LogP contribution in [0.1, 0.15) is 37.8 Å². The van der Waals surface area contributed by atoms with Gasteiger partial charge in [0.2, 0.25) is 0 Å². The average molecular weight is 299 g/mol. The summed E-state index contributed by atoms with van der Waals surface area (Å²) in [5.74, 6) is 0.194. The van der Waals surface area contributed by atoms with Crippen molar-refractivity contribution >= 4 is 0 Å². The Balaban J connectivity index is 1.81. The maximum atomic E-state index is 12.1. The molecule has 21 heavy (non-hydrogen) atoms. The van der Waals surface area contributed by atoms with Crippen LogP contribution in [0, 0.1) is 5.41 Å². The molecule has 3 nitrogen and oxygen atoms in total. The van der Waals surface area contributed by atoms with E-state index in [1.807, 2.05) is 12.1 Å². The van der Waals surface area contributed by atoms with Gasteiger partial charge in [-0.15, -0.1) is 0 Å². The van der Waals surface area contributed by atoms with Crippen molar-refractivity contribution < 1.29 is 18.3 Å². The molecule has 0 aliphatic heterocycles. The number of hydrogen-bond donors (Lipinski definition) is 1. The van der Waals surface area contributed by atoms with Crippen molar-refractivity contribution in [3.05, 3.63) is 29.8 Å². The van der Waals surface area contributed by atoms with Crippen LogP contribution in [-0.2, 0) is 4.74 Å². The fraction of sp³-hybridized carbons (Fsp3) is 0.625. The van der Waals surface area contributed by atoms with Crippen molar-refractivity contribution in [2.24, 2.45) is 5.41 Å². The molecular weight excluding hydrogens is 276 g/mol. The van der Waals surface area contributed by atoms with Crippen LogP contribution in [0.25, 0.3) is 0 Å². The van der Waals surface area contributed by atoms with Crippen LogP contribution >= 0.6 is 0 Å². The minimum absolute atomic E-state index is 0.186. The third-order valence-electron chi connectivity index (χ3n) is 4.18. The highest BCUT2D eigenvalue weighted by Gasteiger charge is 2.41. The Morgan fingerprint density at radius 3 is 2.43 bits per heavy atom. The van der Waals surface area contributed by atoms with Gasteiger partial charge in [0.15, 0.2) is 0 Å². The molecule has 1 saturated carbocycles. The number of ether oxygens (including phenoxy) is 2. The van der Waals surface area contributed by atoms with E-state index >= 15 is 0 Å². The molecule has 1 aliphatic carbocycles. The highest BCUT2D eigenvalue weighted by atomic mass is 19.3. The normalized spacial score (nSPS) is 17.8. The molecule has 0 spiro atoms. The van der Waals surface area contributed by atoms with Crippen molar-refractivity contribution in [2.75, 3.05) is 20.3 Å². The van der Waals surface area contributed by atoms with Gasteiger partial charge in [-0.2, -0.15) is 8.78 Å². The number of alkyl halides is 2. The van der Waals surface area contributed by atoms with Crippen LogP contribution in [0.5, 0.6) is 5.75 Å². The molecule has 1 aliphatic rings. The predicted octanol–water partition coefficient (Wildman–Crippen LogP) is 3.76. The lowest BCUT2D eigenvalue weighted by Crippen LogP contribution is -2.27. The first-order valence-corrected chi connectivity index (χ1v) is 7.32. The quantitative estimate of drug-likeness (QED) is 0.753. The summed E-state index contributed by atoms with van der Waals surface area (Å²) < 4.78 is 33.7.